The first kappa shape index (κ1) is 16.7. The van der Waals surface area contributed by atoms with Gasteiger partial charge < -0.3 is 15.5 Å². The Kier molecular flexibility index (Phi) is 7.92. The number of nitrogens with one attached hydrogen (secondary N) is 2. The minimum Gasteiger partial charge on any atom is -0.326 e. The zero-order chi connectivity index (χ0) is 14.8. The van der Waals surface area contributed by atoms with Gasteiger partial charge in [0.1, 0.15) is 0 Å². The van der Waals surface area contributed by atoms with Crippen LogP contribution in [0, 0.1) is 0 Å². The fourth-order valence-corrected chi connectivity index (χ4v) is 2.18. The Morgan fingerprint density at radius 2 is 1.90 bits per heavy atom. The van der Waals surface area contributed by atoms with Crippen LogP contribution in [0.15, 0.2) is 24.3 Å². The molecule has 0 aromatic heterocycles. The molecule has 1 aromatic rings. The van der Waals surface area contributed by atoms with Crippen LogP contribution < -0.4 is 10.6 Å². The highest BCUT2D eigenvalue weighted by molar-refractivity contribution is 5.89. The summed E-state index contributed by atoms with van der Waals surface area (Å²) < 4.78 is 0. The van der Waals surface area contributed by atoms with Gasteiger partial charge in [-0.1, -0.05) is 32.0 Å². The lowest BCUT2D eigenvalue weighted by molar-refractivity contribution is -0.114. The molecule has 0 saturated carbocycles. The van der Waals surface area contributed by atoms with Crippen molar-refractivity contribution in [3.63, 3.8) is 0 Å². The summed E-state index contributed by atoms with van der Waals surface area (Å²) in [7, 11) is 0. The predicted octanol–water partition coefficient (Wildman–Crippen LogP) is 2.47. The molecule has 112 valence electrons. The Morgan fingerprint density at radius 3 is 2.55 bits per heavy atom. The van der Waals surface area contributed by atoms with Crippen molar-refractivity contribution < 1.29 is 4.79 Å². The molecule has 4 nitrogen and oxygen atoms in total. The molecule has 0 aliphatic heterocycles. The van der Waals surface area contributed by atoms with Crippen molar-refractivity contribution in [2.24, 2.45) is 0 Å². The van der Waals surface area contributed by atoms with Crippen molar-refractivity contribution >= 4 is 11.6 Å². The van der Waals surface area contributed by atoms with Gasteiger partial charge in [-0.05, 0) is 44.2 Å². The molecule has 0 heterocycles. The number of para-hydroxylation sites is 1. The number of anilines is 1. The van der Waals surface area contributed by atoms with Crippen LogP contribution in [0.5, 0.6) is 0 Å². The lowest BCUT2D eigenvalue weighted by Crippen LogP contribution is -2.27. The molecule has 1 rings (SSSR count). The van der Waals surface area contributed by atoms with E-state index in [1.54, 1.807) is 0 Å². The lowest BCUT2D eigenvalue weighted by Gasteiger charge is -2.18. The van der Waals surface area contributed by atoms with Gasteiger partial charge in [0, 0.05) is 19.2 Å². The van der Waals surface area contributed by atoms with Gasteiger partial charge in [-0.2, -0.15) is 0 Å². The normalized spacial score (nSPS) is 10.8. The van der Waals surface area contributed by atoms with E-state index in [4.69, 9.17) is 0 Å². The summed E-state index contributed by atoms with van der Waals surface area (Å²) in [4.78, 5) is 13.6. The van der Waals surface area contributed by atoms with Crippen molar-refractivity contribution in [2.75, 3.05) is 31.5 Å². The van der Waals surface area contributed by atoms with Crippen LogP contribution in [0.3, 0.4) is 0 Å². The molecule has 1 aromatic carbocycles. The summed E-state index contributed by atoms with van der Waals surface area (Å²) in [6.45, 7) is 11.1. The largest absolute Gasteiger partial charge is 0.326 e. The van der Waals surface area contributed by atoms with Crippen LogP contribution >= 0.6 is 0 Å². The molecule has 0 atom stereocenters. The fourth-order valence-electron chi connectivity index (χ4n) is 2.18. The van der Waals surface area contributed by atoms with Crippen LogP contribution in [0.4, 0.5) is 5.69 Å². The molecule has 4 heteroatoms. The summed E-state index contributed by atoms with van der Waals surface area (Å²) in [5.41, 5.74) is 2.03. The van der Waals surface area contributed by atoms with Crippen LogP contribution in [-0.2, 0) is 11.3 Å². The second-order valence-electron chi connectivity index (χ2n) is 4.90. The van der Waals surface area contributed by atoms with Crippen LogP contribution in [0.25, 0.3) is 0 Å². The van der Waals surface area contributed by atoms with Gasteiger partial charge in [0.25, 0.3) is 0 Å². The SMILES string of the molecule is CCN(CC)CCCNCc1ccccc1NC(C)=O. The molecule has 20 heavy (non-hydrogen) atoms. The molecule has 0 aliphatic rings. The topological polar surface area (TPSA) is 44.4 Å². The Labute approximate surface area is 122 Å². The molecule has 0 unspecified atom stereocenters. The minimum atomic E-state index is -0.0287. The zero-order valence-corrected chi connectivity index (χ0v) is 12.9. The van der Waals surface area contributed by atoms with Gasteiger partial charge in [0.05, 0.1) is 0 Å². The molecule has 1 amide bonds. The van der Waals surface area contributed by atoms with Crippen LogP contribution in [0.1, 0.15) is 32.8 Å². The van der Waals surface area contributed by atoms with Crippen molar-refractivity contribution in [3.05, 3.63) is 29.8 Å². The molecule has 0 radical (unpaired) electrons. The molecule has 0 aliphatic carbocycles. The fraction of sp³-hybridized carbons (Fsp3) is 0.562. The number of amides is 1. The molecular weight excluding hydrogens is 250 g/mol. The summed E-state index contributed by atoms with van der Waals surface area (Å²) in [5.74, 6) is -0.0287. The number of rotatable bonds is 9. The van der Waals surface area contributed by atoms with Crippen molar-refractivity contribution in [3.8, 4) is 0 Å². The van der Waals surface area contributed by atoms with E-state index in [-0.39, 0.29) is 5.91 Å². The molecule has 0 fully saturated rings. The number of carbonyl (C=O) groups is 1. The first-order chi connectivity index (χ1) is 9.67. The van der Waals surface area contributed by atoms with Gasteiger partial charge >= 0.3 is 0 Å². The maximum atomic E-state index is 11.1. The maximum Gasteiger partial charge on any atom is 0.221 e. The highest BCUT2D eigenvalue weighted by atomic mass is 16.1. The standard InChI is InChI=1S/C16H27N3O/c1-4-19(5-2)12-8-11-17-13-15-9-6-7-10-16(15)18-14(3)20/h6-7,9-10,17H,4-5,8,11-13H2,1-3H3,(H,18,20). The minimum absolute atomic E-state index is 0.0287. The summed E-state index contributed by atoms with van der Waals surface area (Å²) in [5, 5.41) is 6.30. The quantitative estimate of drug-likeness (QED) is 0.682. The van der Waals surface area contributed by atoms with Gasteiger partial charge in [0.15, 0.2) is 0 Å². The lowest BCUT2D eigenvalue weighted by atomic mass is 10.1. The van der Waals surface area contributed by atoms with Crippen LogP contribution in [-0.4, -0.2) is 37.0 Å². The number of nitrogens with zero attached hydrogens (tertiary/aromatic N) is 1. The highest BCUT2D eigenvalue weighted by Crippen LogP contribution is 2.14. The van der Waals surface area contributed by atoms with Crippen LogP contribution in [0.2, 0.25) is 0 Å². The molecular formula is C16H27N3O. The third kappa shape index (κ3) is 6.17. The van der Waals surface area contributed by atoms with E-state index < -0.39 is 0 Å². The summed E-state index contributed by atoms with van der Waals surface area (Å²) in [6, 6.07) is 7.92. The third-order valence-corrected chi connectivity index (χ3v) is 3.37. The van der Waals surface area contributed by atoms with E-state index in [2.05, 4.69) is 29.4 Å². The van der Waals surface area contributed by atoms with Gasteiger partial charge in [-0.15, -0.1) is 0 Å². The first-order valence-corrected chi connectivity index (χ1v) is 7.46. The summed E-state index contributed by atoms with van der Waals surface area (Å²) >= 11 is 0. The average Bonchev–Trinajstić information content (AvgIpc) is 2.44. The second-order valence-corrected chi connectivity index (χ2v) is 4.90. The second kappa shape index (κ2) is 9.50. The van der Waals surface area contributed by atoms with Crippen molar-refractivity contribution in [1.82, 2.24) is 10.2 Å². The van der Waals surface area contributed by atoms with E-state index in [1.165, 1.54) is 6.92 Å². The Balaban J connectivity index is 2.33. The van der Waals surface area contributed by atoms with Crippen molar-refractivity contribution in [1.29, 1.82) is 0 Å². The van der Waals surface area contributed by atoms with Crippen molar-refractivity contribution in [2.45, 2.75) is 33.7 Å². The van der Waals surface area contributed by atoms with E-state index in [9.17, 15) is 4.79 Å². The maximum absolute atomic E-state index is 11.1. The first-order valence-electron chi connectivity index (χ1n) is 7.46. The molecule has 0 bridgehead atoms. The highest BCUT2D eigenvalue weighted by Gasteiger charge is 2.03. The number of hydrogen-bond donors (Lipinski definition) is 2. The summed E-state index contributed by atoms with van der Waals surface area (Å²) in [6.07, 6.45) is 1.14. The zero-order valence-electron chi connectivity index (χ0n) is 12.9. The molecule has 0 spiro atoms. The number of carbonyl (C=O) groups excluding carboxylic acids is 1. The predicted molar refractivity (Wildman–Crippen MR) is 84.9 cm³/mol. The van der Waals surface area contributed by atoms with E-state index in [1.807, 2.05) is 24.3 Å². The van der Waals surface area contributed by atoms with Gasteiger partial charge in [-0.3, -0.25) is 4.79 Å². The number of hydrogen-bond acceptors (Lipinski definition) is 3. The van der Waals surface area contributed by atoms with E-state index in [0.29, 0.717) is 0 Å². The number of benzene rings is 1. The van der Waals surface area contributed by atoms with E-state index in [0.717, 1.165) is 50.4 Å². The van der Waals surface area contributed by atoms with Gasteiger partial charge in [-0.25, -0.2) is 0 Å². The molecule has 2 N–H and O–H groups in total. The Hall–Kier alpha value is -1.39. The average molecular weight is 277 g/mol. The smallest absolute Gasteiger partial charge is 0.221 e. The van der Waals surface area contributed by atoms with Gasteiger partial charge in [0.2, 0.25) is 5.91 Å². The third-order valence-electron chi connectivity index (χ3n) is 3.37. The Bertz CT molecular complexity index is 402. The van der Waals surface area contributed by atoms with E-state index >= 15 is 0 Å². The Morgan fingerprint density at radius 1 is 1.20 bits per heavy atom. The monoisotopic (exact) mass is 277 g/mol. The molecule has 0 saturated heterocycles.